The number of thioether (sulfide) groups is 1. The first kappa shape index (κ1) is 14.4. The van der Waals surface area contributed by atoms with E-state index < -0.39 is 0 Å². The second kappa shape index (κ2) is 7.62. The van der Waals surface area contributed by atoms with E-state index >= 15 is 0 Å². The fourth-order valence-corrected chi connectivity index (χ4v) is 2.36. The number of benzene rings is 1. The van der Waals surface area contributed by atoms with Crippen molar-refractivity contribution in [2.75, 3.05) is 18.7 Å². The van der Waals surface area contributed by atoms with Gasteiger partial charge < -0.3 is 4.74 Å². The summed E-state index contributed by atoms with van der Waals surface area (Å²) < 4.78 is 4.98. The van der Waals surface area contributed by atoms with Crippen LogP contribution in [0.5, 0.6) is 0 Å². The Morgan fingerprint density at radius 2 is 2.24 bits per heavy atom. The van der Waals surface area contributed by atoms with Crippen molar-refractivity contribution < 1.29 is 9.53 Å². The van der Waals surface area contributed by atoms with E-state index in [0.29, 0.717) is 18.1 Å². The number of ether oxygens (including phenoxy) is 1. The van der Waals surface area contributed by atoms with Crippen LogP contribution >= 0.6 is 23.4 Å². The van der Waals surface area contributed by atoms with Gasteiger partial charge >= 0.3 is 5.97 Å². The van der Waals surface area contributed by atoms with Crippen LogP contribution in [0.15, 0.2) is 23.1 Å². The molecule has 0 aromatic heterocycles. The molecule has 4 heteroatoms. The van der Waals surface area contributed by atoms with Gasteiger partial charge in [-0.2, -0.15) is 0 Å². The minimum atomic E-state index is -0.258. The summed E-state index contributed by atoms with van der Waals surface area (Å²) in [6.45, 7) is 2.21. The standard InChI is InChI=1S/C13H17ClO2S/c1-3-16-13(15)11-7-6-10(5-4-8-14)12(9-11)17-2/h6-7,9H,3-5,8H2,1-2H3. The van der Waals surface area contributed by atoms with Crippen LogP contribution < -0.4 is 0 Å². The number of carbonyl (C=O) groups is 1. The second-order valence-electron chi connectivity index (χ2n) is 3.54. The van der Waals surface area contributed by atoms with Gasteiger partial charge in [-0.3, -0.25) is 0 Å². The summed E-state index contributed by atoms with van der Waals surface area (Å²) in [6, 6.07) is 5.71. The molecule has 1 aromatic rings. The molecule has 0 radical (unpaired) electrons. The van der Waals surface area contributed by atoms with Crippen LogP contribution in [0.2, 0.25) is 0 Å². The van der Waals surface area contributed by atoms with Gasteiger partial charge in [-0.1, -0.05) is 6.07 Å². The molecule has 0 atom stereocenters. The molecule has 0 aliphatic heterocycles. The molecule has 1 aromatic carbocycles. The van der Waals surface area contributed by atoms with Crippen LogP contribution in [0.1, 0.15) is 29.3 Å². The largest absolute Gasteiger partial charge is 0.462 e. The van der Waals surface area contributed by atoms with Crippen molar-refractivity contribution in [1.29, 1.82) is 0 Å². The van der Waals surface area contributed by atoms with Crippen molar-refractivity contribution in [2.24, 2.45) is 0 Å². The molecule has 0 heterocycles. The molecule has 1 rings (SSSR count). The van der Waals surface area contributed by atoms with Gasteiger partial charge in [-0.05, 0) is 43.7 Å². The van der Waals surface area contributed by atoms with Gasteiger partial charge in [0.25, 0.3) is 0 Å². The van der Waals surface area contributed by atoms with Gasteiger partial charge in [0.2, 0.25) is 0 Å². The minimum Gasteiger partial charge on any atom is -0.462 e. The molecule has 0 saturated carbocycles. The van der Waals surface area contributed by atoms with Crippen molar-refractivity contribution >= 4 is 29.3 Å². The maximum atomic E-state index is 11.6. The number of hydrogen-bond donors (Lipinski definition) is 0. The fraction of sp³-hybridized carbons (Fsp3) is 0.462. The van der Waals surface area contributed by atoms with Crippen molar-refractivity contribution in [3.05, 3.63) is 29.3 Å². The zero-order valence-electron chi connectivity index (χ0n) is 10.2. The van der Waals surface area contributed by atoms with Crippen LogP contribution in [-0.4, -0.2) is 24.7 Å². The van der Waals surface area contributed by atoms with E-state index in [1.807, 2.05) is 31.4 Å². The highest BCUT2D eigenvalue weighted by Crippen LogP contribution is 2.23. The molecule has 0 bridgehead atoms. The lowest BCUT2D eigenvalue weighted by molar-refractivity contribution is 0.0526. The van der Waals surface area contributed by atoms with E-state index in [1.54, 1.807) is 11.8 Å². The van der Waals surface area contributed by atoms with Crippen LogP contribution in [0.25, 0.3) is 0 Å². The highest BCUT2D eigenvalue weighted by atomic mass is 35.5. The minimum absolute atomic E-state index is 0.258. The Morgan fingerprint density at radius 1 is 1.47 bits per heavy atom. The lowest BCUT2D eigenvalue weighted by Crippen LogP contribution is -2.05. The zero-order valence-corrected chi connectivity index (χ0v) is 11.7. The van der Waals surface area contributed by atoms with Gasteiger partial charge in [0, 0.05) is 10.8 Å². The first-order chi connectivity index (χ1) is 8.22. The number of esters is 1. The number of aryl methyl sites for hydroxylation is 1. The van der Waals surface area contributed by atoms with Crippen LogP contribution in [0.3, 0.4) is 0 Å². The fourth-order valence-electron chi connectivity index (χ4n) is 1.55. The van der Waals surface area contributed by atoms with Crippen LogP contribution in [-0.2, 0) is 11.2 Å². The van der Waals surface area contributed by atoms with Crippen LogP contribution in [0.4, 0.5) is 0 Å². The Kier molecular flexibility index (Phi) is 6.45. The van der Waals surface area contributed by atoms with Gasteiger partial charge in [-0.25, -0.2) is 4.79 Å². The van der Waals surface area contributed by atoms with E-state index in [9.17, 15) is 4.79 Å². The molecule has 0 amide bonds. The van der Waals surface area contributed by atoms with E-state index in [4.69, 9.17) is 16.3 Å². The summed E-state index contributed by atoms with van der Waals surface area (Å²) in [4.78, 5) is 12.7. The molecule has 0 fully saturated rings. The summed E-state index contributed by atoms with van der Waals surface area (Å²) in [6.07, 6.45) is 3.91. The number of rotatable bonds is 6. The van der Waals surface area contributed by atoms with Crippen LogP contribution in [0, 0.1) is 0 Å². The third-order valence-electron chi connectivity index (χ3n) is 2.38. The van der Waals surface area contributed by atoms with Crippen molar-refractivity contribution in [3.8, 4) is 0 Å². The Bertz CT molecular complexity index is 380. The molecule has 0 unspecified atom stereocenters. The maximum Gasteiger partial charge on any atom is 0.338 e. The predicted molar refractivity (Wildman–Crippen MR) is 73.2 cm³/mol. The summed E-state index contributed by atoms with van der Waals surface area (Å²) in [5.41, 5.74) is 1.86. The van der Waals surface area contributed by atoms with Crippen molar-refractivity contribution in [3.63, 3.8) is 0 Å². The lowest BCUT2D eigenvalue weighted by atomic mass is 10.1. The molecule has 0 aliphatic rings. The van der Waals surface area contributed by atoms with Gasteiger partial charge in [-0.15, -0.1) is 23.4 Å². The number of carbonyl (C=O) groups excluding carboxylic acids is 1. The van der Waals surface area contributed by atoms with E-state index in [0.717, 1.165) is 17.7 Å². The Morgan fingerprint density at radius 3 is 2.82 bits per heavy atom. The van der Waals surface area contributed by atoms with E-state index in [2.05, 4.69) is 0 Å². The smallest absolute Gasteiger partial charge is 0.338 e. The molecule has 0 N–H and O–H groups in total. The van der Waals surface area contributed by atoms with Crippen molar-refractivity contribution in [1.82, 2.24) is 0 Å². The SMILES string of the molecule is CCOC(=O)c1ccc(CCCCl)c(SC)c1. The summed E-state index contributed by atoms with van der Waals surface area (Å²) in [5.74, 6) is 0.402. The second-order valence-corrected chi connectivity index (χ2v) is 4.77. The monoisotopic (exact) mass is 272 g/mol. The molecule has 0 spiro atoms. The maximum absolute atomic E-state index is 11.6. The van der Waals surface area contributed by atoms with Gasteiger partial charge in [0.05, 0.1) is 12.2 Å². The summed E-state index contributed by atoms with van der Waals surface area (Å²) in [5, 5.41) is 0. The lowest BCUT2D eigenvalue weighted by Gasteiger charge is -2.09. The molecular formula is C13H17ClO2S. The highest BCUT2D eigenvalue weighted by Gasteiger charge is 2.09. The molecule has 0 saturated heterocycles. The zero-order chi connectivity index (χ0) is 12.7. The normalized spacial score (nSPS) is 10.3. The van der Waals surface area contributed by atoms with E-state index in [1.165, 1.54) is 5.56 Å². The number of hydrogen-bond acceptors (Lipinski definition) is 3. The first-order valence-electron chi connectivity index (χ1n) is 5.63. The number of halogens is 1. The highest BCUT2D eigenvalue weighted by molar-refractivity contribution is 7.98. The van der Waals surface area contributed by atoms with Gasteiger partial charge in [0.1, 0.15) is 0 Å². The average Bonchev–Trinajstić information content (AvgIpc) is 2.36. The Hall–Kier alpha value is -0.670. The third-order valence-corrected chi connectivity index (χ3v) is 3.47. The Balaban J connectivity index is 2.87. The van der Waals surface area contributed by atoms with E-state index in [-0.39, 0.29) is 5.97 Å². The molecule has 2 nitrogen and oxygen atoms in total. The summed E-state index contributed by atoms with van der Waals surface area (Å²) in [7, 11) is 0. The average molecular weight is 273 g/mol. The molecular weight excluding hydrogens is 256 g/mol. The predicted octanol–water partition coefficient (Wildman–Crippen LogP) is 3.76. The number of alkyl halides is 1. The molecule has 94 valence electrons. The molecule has 0 aliphatic carbocycles. The first-order valence-corrected chi connectivity index (χ1v) is 7.38. The van der Waals surface area contributed by atoms with Gasteiger partial charge in [0.15, 0.2) is 0 Å². The molecule has 17 heavy (non-hydrogen) atoms. The summed E-state index contributed by atoms with van der Waals surface area (Å²) >= 11 is 7.33. The topological polar surface area (TPSA) is 26.3 Å². The van der Waals surface area contributed by atoms with Crippen molar-refractivity contribution in [2.45, 2.75) is 24.7 Å². The third kappa shape index (κ3) is 4.25. The quantitative estimate of drug-likeness (QED) is 0.448. The Labute approximate surface area is 112 Å².